The van der Waals surface area contributed by atoms with E-state index in [2.05, 4.69) is 18.3 Å². The lowest BCUT2D eigenvalue weighted by atomic mass is 10.0. The van der Waals surface area contributed by atoms with E-state index < -0.39 is 11.6 Å². The lowest BCUT2D eigenvalue weighted by molar-refractivity contribution is 0.540. The molecule has 1 aromatic heterocycles. The molecule has 0 saturated heterocycles. The Labute approximate surface area is 122 Å². The minimum atomic E-state index is -0.500. The molecule has 0 amide bonds. The Bertz CT molecular complexity index is 600. The van der Waals surface area contributed by atoms with Crippen LogP contribution < -0.4 is 5.32 Å². The molecule has 0 aliphatic carbocycles. The van der Waals surface area contributed by atoms with Gasteiger partial charge in [-0.25, -0.2) is 8.78 Å². The number of rotatable bonds is 4. The largest absolute Gasteiger partial charge is 0.306 e. The fourth-order valence-corrected chi connectivity index (χ4v) is 3.35. The molecule has 1 nitrogen and oxygen atoms in total. The first-order valence-corrected chi connectivity index (χ1v) is 7.51. The molecule has 0 aliphatic rings. The summed E-state index contributed by atoms with van der Waals surface area (Å²) in [7, 11) is 0. The van der Waals surface area contributed by atoms with Crippen LogP contribution in [0.3, 0.4) is 0 Å². The molecule has 1 aromatic carbocycles. The van der Waals surface area contributed by atoms with Crippen molar-refractivity contribution in [1.29, 1.82) is 0 Å². The lowest BCUT2D eigenvalue weighted by Gasteiger charge is -2.18. The van der Waals surface area contributed by atoms with Crippen molar-refractivity contribution >= 4 is 11.3 Å². The third-order valence-electron chi connectivity index (χ3n) is 3.47. The Hall–Kier alpha value is -1.26. The summed E-state index contributed by atoms with van der Waals surface area (Å²) in [5.74, 6) is -0.997. The highest BCUT2D eigenvalue weighted by Gasteiger charge is 2.21. The van der Waals surface area contributed by atoms with E-state index in [9.17, 15) is 8.78 Å². The number of aryl methyl sites for hydroxylation is 3. The molecule has 0 spiro atoms. The van der Waals surface area contributed by atoms with Crippen LogP contribution in [0, 0.1) is 32.4 Å². The van der Waals surface area contributed by atoms with Crippen molar-refractivity contribution in [2.75, 3.05) is 6.54 Å². The van der Waals surface area contributed by atoms with E-state index in [1.165, 1.54) is 10.4 Å². The number of thiophene rings is 1. The number of benzene rings is 1. The Morgan fingerprint density at radius 3 is 2.30 bits per heavy atom. The van der Waals surface area contributed by atoms with E-state index in [1.807, 2.05) is 13.8 Å². The SMILES string of the molecule is CCNC(c1cc(C)c(C)s1)c1cc(C)c(F)cc1F. The molecular formula is C16H19F2NS. The van der Waals surface area contributed by atoms with E-state index in [1.54, 1.807) is 24.3 Å². The first-order valence-electron chi connectivity index (χ1n) is 6.69. The molecule has 4 heteroatoms. The predicted molar refractivity (Wildman–Crippen MR) is 80.4 cm³/mol. The van der Waals surface area contributed by atoms with Crippen LogP contribution in [-0.4, -0.2) is 6.54 Å². The van der Waals surface area contributed by atoms with Gasteiger partial charge >= 0.3 is 0 Å². The smallest absolute Gasteiger partial charge is 0.131 e. The predicted octanol–water partition coefficient (Wildman–Crippen LogP) is 4.65. The summed E-state index contributed by atoms with van der Waals surface area (Å²) in [5.41, 5.74) is 2.17. The van der Waals surface area contributed by atoms with Gasteiger partial charge in [0.1, 0.15) is 11.6 Å². The average molecular weight is 295 g/mol. The number of halogens is 2. The minimum Gasteiger partial charge on any atom is -0.306 e. The minimum absolute atomic E-state index is 0.225. The molecule has 0 aliphatic heterocycles. The summed E-state index contributed by atoms with van der Waals surface area (Å²) in [4.78, 5) is 2.29. The van der Waals surface area contributed by atoms with E-state index in [-0.39, 0.29) is 6.04 Å². The Morgan fingerprint density at radius 2 is 1.75 bits per heavy atom. The third kappa shape index (κ3) is 2.91. The molecule has 2 rings (SSSR count). The Balaban J connectivity index is 2.50. The highest BCUT2D eigenvalue weighted by molar-refractivity contribution is 7.12. The van der Waals surface area contributed by atoms with Crippen molar-refractivity contribution in [3.8, 4) is 0 Å². The van der Waals surface area contributed by atoms with Crippen LogP contribution in [-0.2, 0) is 0 Å². The van der Waals surface area contributed by atoms with Gasteiger partial charge in [0, 0.05) is 21.4 Å². The maximum Gasteiger partial charge on any atom is 0.131 e. The maximum absolute atomic E-state index is 14.1. The summed E-state index contributed by atoms with van der Waals surface area (Å²) < 4.78 is 27.5. The molecule has 1 heterocycles. The van der Waals surface area contributed by atoms with Crippen molar-refractivity contribution in [3.05, 3.63) is 56.3 Å². The van der Waals surface area contributed by atoms with Gasteiger partial charge in [0.05, 0.1) is 6.04 Å². The van der Waals surface area contributed by atoms with Gasteiger partial charge < -0.3 is 5.32 Å². The average Bonchev–Trinajstić information content (AvgIpc) is 2.71. The van der Waals surface area contributed by atoms with Crippen LogP contribution in [0.25, 0.3) is 0 Å². The van der Waals surface area contributed by atoms with E-state index in [4.69, 9.17) is 0 Å². The lowest BCUT2D eigenvalue weighted by Crippen LogP contribution is -2.22. The Morgan fingerprint density at radius 1 is 1.05 bits per heavy atom. The van der Waals surface area contributed by atoms with Gasteiger partial charge in [0.2, 0.25) is 0 Å². The monoisotopic (exact) mass is 295 g/mol. The van der Waals surface area contributed by atoms with Crippen LogP contribution in [0.1, 0.15) is 39.4 Å². The van der Waals surface area contributed by atoms with Crippen LogP contribution >= 0.6 is 11.3 Å². The summed E-state index contributed by atoms with van der Waals surface area (Å²) in [6.45, 7) is 8.46. The van der Waals surface area contributed by atoms with Gasteiger partial charge in [-0.2, -0.15) is 0 Å². The maximum atomic E-state index is 14.1. The number of hydrogen-bond donors (Lipinski definition) is 1. The van der Waals surface area contributed by atoms with Gasteiger partial charge in [-0.1, -0.05) is 6.92 Å². The van der Waals surface area contributed by atoms with E-state index in [0.717, 1.165) is 17.5 Å². The van der Waals surface area contributed by atoms with Gasteiger partial charge in [0.25, 0.3) is 0 Å². The van der Waals surface area contributed by atoms with Crippen molar-refractivity contribution in [1.82, 2.24) is 5.32 Å². The van der Waals surface area contributed by atoms with Gasteiger partial charge in [-0.3, -0.25) is 0 Å². The normalized spacial score (nSPS) is 12.7. The number of nitrogens with one attached hydrogen (secondary N) is 1. The van der Waals surface area contributed by atoms with Crippen LogP contribution in [0.2, 0.25) is 0 Å². The second kappa shape index (κ2) is 6.02. The second-order valence-corrected chi connectivity index (χ2v) is 6.29. The first kappa shape index (κ1) is 15.1. The fraction of sp³-hybridized carbons (Fsp3) is 0.375. The van der Waals surface area contributed by atoms with Gasteiger partial charge in [-0.15, -0.1) is 11.3 Å². The molecule has 2 aromatic rings. The molecule has 0 bridgehead atoms. The fourth-order valence-electron chi connectivity index (χ4n) is 2.21. The van der Waals surface area contributed by atoms with E-state index in [0.29, 0.717) is 11.1 Å². The van der Waals surface area contributed by atoms with Crippen LogP contribution in [0.4, 0.5) is 8.78 Å². The zero-order valence-electron chi connectivity index (χ0n) is 12.2. The standard InChI is InChI=1S/C16H19F2NS/c1-5-19-16(15-7-9(2)11(4)20-15)12-6-10(3)13(17)8-14(12)18/h6-8,16,19H,5H2,1-4H3. The molecule has 1 unspecified atom stereocenters. The highest BCUT2D eigenvalue weighted by Crippen LogP contribution is 2.32. The second-order valence-electron chi connectivity index (χ2n) is 5.00. The van der Waals surface area contributed by atoms with Crippen LogP contribution in [0.5, 0.6) is 0 Å². The molecule has 1 N–H and O–H groups in total. The summed E-state index contributed by atoms with van der Waals surface area (Å²) >= 11 is 1.65. The summed E-state index contributed by atoms with van der Waals surface area (Å²) in [6, 6.07) is 4.42. The summed E-state index contributed by atoms with van der Waals surface area (Å²) in [6.07, 6.45) is 0. The van der Waals surface area contributed by atoms with E-state index >= 15 is 0 Å². The van der Waals surface area contributed by atoms with Crippen molar-refractivity contribution in [2.24, 2.45) is 0 Å². The molecule has 20 heavy (non-hydrogen) atoms. The molecule has 0 fully saturated rings. The van der Waals surface area contributed by atoms with Crippen LogP contribution in [0.15, 0.2) is 18.2 Å². The first-order chi connectivity index (χ1) is 9.43. The van der Waals surface area contributed by atoms with Crippen molar-refractivity contribution < 1.29 is 8.78 Å². The quantitative estimate of drug-likeness (QED) is 0.865. The molecule has 0 radical (unpaired) electrons. The van der Waals surface area contributed by atoms with Crippen molar-refractivity contribution in [3.63, 3.8) is 0 Å². The van der Waals surface area contributed by atoms with Gasteiger partial charge in [-0.05, 0) is 50.6 Å². The molecular weight excluding hydrogens is 276 g/mol. The van der Waals surface area contributed by atoms with Gasteiger partial charge in [0.15, 0.2) is 0 Å². The highest BCUT2D eigenvalue weighted by atomic mass is 32.1. The topological polar surface area (TPSA) is 12.0 Å². The van der Waals surface area contributed by atoms with Crippen molar-refractivity contribution in [2.45, 2.75) is 33.7 Å². The molecule has 1 atom stereocenters. The summed E-state index contributed by atoms with van der Waals surface area (Å²) in [5, 5.41) is 3.29. The zero-order valence-corrected chi connectivity index (χ0v) is 13.0. The molecule has 0 saturated carbocycles. The molecule has 108 valence electrons. The third-order valence-corrected chi connectivity index (χ3v) is 4.68. The number of hydrogen-bond acceptors (Lipinski definition) is 2. The Kier molecular flexibility index (Phi) is 4.55. The zero-order chi connectivity index (χ0) is 14.9.